The van der Waals surface area contributed by atoms with Gasteiger partial charge in [-0.1, -0.05) is 24.6 Å². The lowest BCUT2D eigenvalue weighted by molar-refractivity contribution is 0.0844. The number of primary amides is 1. The number of furan rings is 1. The maximum atomic E-state index is 12.4. The van der Waals surface area contributed by atoms with Crippen molar-refractivity contribution in [3.8, 4) is 0 Å². The molecule has 1 saturated carbocycles. The Morgan fingerprint density at radius 2 is 1.94 bits per heavy atom. The highest BCUT2D eigenvalue weighted by Crippen LogP contribution is 2.34. The number of para-hydroxylation sites is 1. The fourth-order valence-electron chi connectivity index (χ4n) is 2.34. The van der Waals surface area contributed by atoms with Crippen molar-refractivity contribution in [2.75, 3.05) is 0 Å². The van der Waals surface area contributed by atoms with E-state index in [0.29, 0.717) is 16.5 Å². The van der Waals surface area contributed by atoms with E-state index in [4.69, 9.17) is 10.2 Å². The van der Waals surface area contributed by atoms with E-state index in [2.05, 4.69) is 0 Å². The second-order valence-electron chi connectivity index (χ2n) is 4.66. The van der Waals surface area contributed by atoms with Crippen molar-refractivity contribution < 1.29 is 14.0 Å². The van der Waals surface area contributed by atoms with Crippen LogP contribution in [0.15, 0.2) is 28.7 Å². The molecule has 1 amide bonds. The summed E-state index contributed by atoms with van der Waals surface area (Å²) < 4.78 is 5.41. The molecule has 1 aliphatic carbocycles. The zero-order valence-corrected chi connectivity index (χ0v) is 9.81. The van der Waals surface area contributed by atoms with Crippen LogP contribution in [-0.2, 0) is 0 Å². The Balaban J connectivity index is 2.20. The second-order valence-corrected chi connectivity index (χ2v) is 4.66. The van der Waals surface area contributed by atoms with Crippen LogP contribution in [0.25, 0.3) is 11.0 Å². The fourth-order valence-corrected chi connectivity index (χ4v) is 2.34. The summed E-state index contributed by atoms with van der Waals surface area (Å²) in [4.78, 5) is 23.8. The van der Waals surface area contributed by atoms with Crippen LogP contribution in [0, 0.1) is 5.92 Å². The summed E-state index contributed by atoms with van der Waals surface area (Å²) in [7, 11) is 0. The van der Waals surface area contributed by atoms with Crippen LogP contribution < -0.4 is 5.73 Å². The van der Waals surface area contributed by atoms with Gasteiger partial charge in [0.05, 0.1) is 5.56 Å². The minimum atomic E-state index is -0.686. The molecule has 3 rings (SSSR count). The number of rotatable bonds is 3. The van der Waals surface area contributed by atoms with Crippen LogP contribution in [0.3, 0.4) is 0 Å². The molecule has 1 aliphatic rings. The van der Waals surface area contributed by atoms with Gasteiger partial charge in [0.25, 0.3) is 5.91 Å². The Labute approximate surface area is 104 Å². The fraction of sp³-hybridized carbons (Fsp3) is 0.286. The third-order valence-corrected chi connectivity index (χ3v) is 3.54. The van der Waals surface area contributed by atoms with Gasteiger partial charge < -0.3 is 10.2 Å². The Kier molecular flexibility index (Phi) is 2.44. The van der Waals surface area contributed by atoms with E-state index >= 15 is 0 Å². The number of carbonyl (C=O) groups is 2. The Morgan fingerprint density at radius 3 is 2.56 bits per heavy atom. The normalized spacial score (nSPS) is 15.6. The molecule has 1 aromatic carbocycles. The van der Waals surface area contributed by atoms with Gasteiger partial charge in [-0.2, -0.15) is 0 Å². The first-order valence-electron chi connectivity index (χ1n) is 6.04. The minimum absolute atomic E-state index is 0.00639. The molecule has 1 fully saturated rings. The first-order valence-corrected chi connectivity index (χ1v) is 6.04. The molecule has 1 heterocycles. The molecular weight excluding hydrogens is 230 g/mol. The molecule has 0 radical (unpaired) electrons. The van der Waals surface area contributed by atoms with Crippen LogP contribution in [-0.4, -0.2) is 11.7 Å². The molecule has 0 aliphatic heterocycles. The molecule has 0 atom stereocenters. The average molecular weight is 243 g/mol. The number of ketones is 1. The molecule has 4 nitrogen and oxygen atoms in total. The number of carbonyl (C=O) groups excluding carboxylic acids is 2. The highest BCUT2D eigenvalue weighted by atomic mass is 16.3. The van der Waals surface area contributed by atoms with Crippen LogP contribution in [0.2, 0.25) is 0 Å². The number of hydrogen-bond acceptors (Lipinski definition) is 3. The quantitative estimate of drug-likeness (QED) is 0.842. The maximum absolute atomic E-state index is 12.4. The topological polar surface area (TPSA) is 73.3 Å². The smallest absolute Gasteiger partial charge is 0.285 e. The van der Waals surface area contributed by atoms with Gasteiger partial charge >= 0.3 is 0 Å². The summed E-state index contributed by atoms with van der Waals surface area (Å²) in [5, 5.41) is 0.684. The summed E-state index contributed by atoms with van der Waals surface area (Å²) in [5.41, 5.74) is 6.19. The lowest BCUT2D eigenvalue weighted by Crippen LogP contribution is -2.24. The molecule has 0 spiro atoms. The largest absolute Gasteiger partial charge is 0.450 e. The summed E-state index contributed by atoms with van der Waals surface area (Å²) in [6, 6.07) is 7.14. The van der Waals surface area contributed by atoms with Gasteiger partial charge in [0, 0.05) is 11.3 Å². The maximum Gasteiger partial charge on any atom is 0.285 e. The van der Waals surface area contributed by atoms with Gasteiger partial charge in [-0.05, 0) is 18.9 Å². The molecule has 0 unspecified atom stereocenters. The number of benzene rings is 1. The first-order chi connectivity index (χ1) is 8.68. The third kappa shape index (κ3) is 1.53. The van der Waals surface area contributed by atoms with Crippen molar-refractivity contribution >= 4 is 22.7 Å². The van der Waals surface area contributed by atoms with E-state index in [1.807, 2.05) is 6.07 Å². The predicted molar refractivity (Wildman–Crippen MR) is 66.4 cm³/mol. The van der Waals surface area contributed by atoms with E-state index < -0.39 is 5.91 Å². The van der Waals surface area contributed by atoms with E-state index in [-0.39, 0.29) is 17.5 Å². The van der Waals surface area contributed by atoms with E-state index in [1.165, 1.54) is 0 Å². The molecule has 0 bridgehead atoms. The third-order valence-electron chi connectivity index (χ3n) is 3.54. The minimum Gasteiger partial charge on any atom is -0.450 e. The standard InChI is InChI=1S/C14H13NO3/c15-14(17)13-11(12(16)8-4-3-5-8)9-6-1-2-7-10(9)18-13/h1-2,6-8H,3-5H2,(H2,15,17). The average Bonchev–Trinajstić information content (AvgIpc) is 2.65. The van der Waals surface area contributed by atoms with Crippen LogP contribution in [0.4, 0.5) is 0 Å². The lowest BCUT2D eigenvalue weighted by atomic mass is 9.79. The number of Topliss-reactive ketones (excluding diaryl/α,β-unsaturated/α-hetero) is 1. The van der Waals surface area contributed by atoms with Crippen molar-refractivity contribution in [3.05, 3.63) is 35.6 Å². The molecule has 18 heavy (non-hydrogen) atoms. The van der Waals surface area contributed by atoms with Crippen molar-refractivity contribution in [2.45, 2.75) is 19.3 Å². The zero-order valence-electron chi connectivity index (χ0n) is 9.81. The first kappa shape index (κ1) is 11.0. The zero-order chi connectivity index (χ0) is 12.7. The van der Waals surface area contributed by atoms with Crippen molar-refractivity contribution in [1.82, 2.24) is 0 Å². The molecule has 4 heteroatoms. The van der Waals surface area contributed by atoms with Gasteiger partial charge in [-0.15, -0.1) is 0 Å². The van der Waals surface area contributed by atoms with Crippen LogP contribution in [0.5, 0.6) is 0 Å². The SMILES string of the molecule is NC(=O)c1oc2ccccc2c1C(=O)C1CCC1. The Morgan fingerprint density at radius 1 is 1.22 bits per heavy atom. The van der Waals surface area contributed by atoms with Gasteiger partial charge in [-0.3, -0.25) is 9.59 Å². The number of nitrogens with two attached hydrogens (primary N) is 1. The van der Waals surface area contributed by atoms with Crippen LogP contribution >= 0.6 is 0 Å². The monoisotopic (exact) mass is 243 g/mol. The van der Waals surface area contributed by atoms with E-state index in [1.54, 1.807) is 18.2 Å². The van der Waals surface area contributed by atoms with E-state index in [9.17, 15) is 9.59 Å². The Bertz CT molecular complexity index is 638. The van der Waals surface area contributed by atoms with Gasteiger partial charge in [0.1, 0.15) is 5.58 Å². The summed E-state index contributed by atoms with van der Waals surface area (Å²) in [6.07, 6.45) is 2.84. The van der Waals surface area contributed by atoms with E-state index in [0.717, 1.165) is 19.3 Å². The number of hydrogen-bond donors (Lipinski definition) is 1. The summed E-state index contributed by atoms with van der Waals surface area (Å²) >= 11 is 0. The van der Waals surface area contributed by atoms with Crippen LogP contribution in [0.1, 0.15) is 40.2 Å². The van der Waals surface area contributed by atoms with Crippen molar-refractivity contribution in [2.24, 2.45) is 11.7 Å². The summed E-state index contributed by atoms with van der Waals surface area (Å²) in [6.45, 7) is 0. The van der Waals surface area contributed by atoms with Gasteiger partial charge in [0.15, 0.2) is 5.78 Å². The van der Waals surface area contributed by atoms with Gasteiger partial charge in [0.2, 0.25) is 5.76 Å². The molecular formula is C14H13NO3. The highest BCUT2D eigenvalue weighted by molar-refractivity contribution is 6.15. The summed E-state index contributed by atoms with van der Waals surface area (Å²) in [5.74, 6) is -0.689. The molecule has 0 saturated heterocycles. The molecule has 2 aromatic rings. The predicted octanol–water partition coefficient (Wildman–Crippen LogP) is 2.51. The number of fused-ring (bicyclic) bond motifs is 1. The lowest BCUT2D eigenvalue weighted by Gasteiger charge is -2.23. The number of amides is 1. The van der Waals surface area contributed by atoms with Crippen molar-refractivity contribution in [3.63, 3.8) is 0 Å². The molecule has 2 N–H and O–H groups in total. The molecule has 92 valence electrons. The molecule has 1 aromatic heterocycles. The highest BCUT2D eigenvalue weighted by Gasteiger charge is 2.32. The van der Waals surface area contributed by atoms with Crippen molar-refractivity contribution in [1.29, 1.82) is 0 Å². The van der Waals surface area contributed by atoms with Gasteiger partial charge in [-0.25, -0.2) is 0 Å². The Hall–Kier alpha value is -2.10. The second kappa shape index (κ2) is 3.98.